The predicted octanol–water partition coefficient (Wildman–Crippen LogP) is 1.75. The zero-order valence-corrected chi connectivity index (χ0v) is 12.0. The minimum Gasteiger partial charge on any atom is -0.481 e. The van der Waals surface area contributed by atoms with Crippen molar-refractivity contribution >= 4 is 34.3 Å². The molecule has 0 saturated carbocycles. The van der Waals surface area contributed by atoms with Gasteiger partial charge in [0, 0.05) is 18.5 Å². The monoisotopic (exact) mass is 307 g/mol. The van der Waals surface area contributed by atoms with Gasteiger partial charge >= 0.3 is 5.97 Å². The molecule has 7 heteroatoms. The first-order valence-electron chi connectivity index (χ1n) is 6.64. The number of fused-ring (bicyclic) bond motifs is 1. The Bertz CT molecular complexity index is 686. The van der Waals surface area contributed by atoms with Crippen LogP contribution in [-0.2, 0) is 16.0 Å². The van der Waals surface area contributed by atoms with E-state index >= 15 is 0 Å². The summed E-state index contributed by atoms with van der Waals surface area (Å²) in [6.07, 6.45) is -0.0373. The number of carbonyl (C=O) groups is 1. The summed E-state index contributed by atoms with van der Waals surface area (Å²) in [7, 11) is 0. The Morgan fingerprint density at radius 2 is 2.10 bits per heavy atom. The third-order valence-corrected chi connectivity index (χ3v) is 3.55. The molecule has 1 saturated heterocycles. The van der Waals surface area contributed by atoms with Gasteiger partial charge in [-0.1, -0.05) is 6.07 Å². The molecular formula is C14H14ClN3O3. The molecule has 1 aromatic heterocycles. The van der Waals surface area contributed by atoms with E-state index in [4.69, 9.17) is 21.4 Å². The van der Waals surface area contributed by atoms with Gasteiger partial charge in [-0.3, -0.25) is 4.79 Å². The predicted molar refractivity (Wildman–Crippen MR) is 78.9 cm³/mol. The summed E-state index contributed by atoms with van der Waals surface area (Å²) in [6.45, 7) is 2.80. The number of hydrogen-bond donors (Lipinski definition) is 1. The number of anilines is 1. The molecule has 6 nitrogen and oxygen atoms in total. The Morgan fingerprint density at radius 1 is 1.33 bits per heavy atom. The van der Waals surface area contributed by atoms with Crippen LogP contribution in [0, 0.1) is 0 Å². The van der Waals surface area contributed by atoms with Crippen LogP contribution in [0.15, 0.2) is 18.2 Å². The number of nitrogens with zero attached hydrogens (tertiary/aromatic N) is 3. The fourth-order valence-corrected chi connectivity index (χ4v) is 2.60. The molecule has 1 N–H and O–H groups in total. The molecule has 0 amide bonds. The fourth-order valence-electron chi connectivity index (χ4n) is 2.43. The smallest absolute Gasteiger partial charge is 0.307 e. The van der Waals surface area contributed by atoms with Crippen LogP contribution in [0.4, 0.5) is 5.82 Å². The van der Waals surface area contributed by atoms with Gasteiger partial charge in [-0.2, -0.15) is 4.98 Å². The number of halogens is 1. The van der Waals surface area contributed by atoms with E-state index in [1.165, 1.54) is 0 Å². The minimum absolute atomic E-state index is 0.0373. The van der Waals surface area contributed by atoms with Crippen molar-refractivity contribution in [3.63, 3.8) is 0 Å². The van der Waals surface area contributed by atoms with Gasteiger partial charge in [0.05, 0.1) is 25.2 Å². The highest BCUT2D eigenvalue weighted by molar-refractivity contribution is 6.28. The molecule has 110 valence electrons. The Morgan fingerprint density at radius 3 is 2.81 bits per heavy atom. The van der Waals surface area contributed by atoms with Gasteiger partial charge in [-0.05, 0) is 29.3 Å². The Balaban J connectivity index is 2.05. The maximum Gasteiger partial charge on any atom is 0.307 e. The summed E-state index contributed by atoms with van der Waals surface area (Å²) < 4.78 is 5.34. The lowest BCUT2D eigenvalue weighted by atomic mass is 10.1. The topological polar surface area (TPSA) is 75.5 Å². The number of benzene rings is 1. The number of aromatic nitrogens is 2. The zero-order chi connectivity index (χ0) is 14.8. The Labute approximate surface area is 126 Å². The zero-order valence-electron chi connectivity index (χ0n) is 11.3. The maximum absolute atomic E-state index is 10.8. The molecule has 0 atom stereocenters. The van der Waals surface area contributed by atoms with E-state index in [2.05, 4.69) is 14.9 Å². The summed E-state index contributed by atoms with van der Waals surface area (Å²) in [4.78, 5) is 21.4. The minimum atomic E-state index is -0.872. The molecule has 2 aromatic rings. The molecule has 0 radical (unpaired) electrons. The van der Waals surface area contributed by atoms with E-state index in [-0.39, 0.29) is 11.7 Å². The van der Waals surface area contributed by atoms with Crippen LogP contribution in [0.1, 0.15) is 5.56 Å². The molecule has 0 spiro atoms. The number of carboxylic acid groups (broad SMARTS) is 1. The van der Waals surface area contributed by atoms with Crippen LogP contribution < -0.4 is 4.90 Å². The third-order valence-electron chi connectivity index (χ3n) is 3.38. The molecule has 0 bridgehead atoms. The van der Waals surface area contributed by atoms with Gasteiger partial charge in [-0.15, -0.1) is 0 Å². The van der Waals surface area contributed by atoms with Crippen molar-refractivity contribution < 1.29 is 14.6 Å². The average Bonchev–Trinajstić information content (AvgIpc) is 2.46. The standard InChI is InChI=1S/C14H14ClN3O3/c15-14-16-11-7-9(8-12(19)20)1-2-10(11)13(17-14)18-3-5-21-6-4-18/h1-2,7H,3-6,8H2,(H,19,20). The first kappa shape index (κ1) is 14.0. The molecule has 2 heterocycles. The van der Waals surface area contributed by atoms with Crippen molar-refractivity contribution in [2.45, 2.75) is 6.42 Å². The van der Waals surface area contributed by atoms with E-state index in [0.717, 1.165) is 24.3 Å². The van der Waals surface area contributed by atoms with Gasteiger partial charge < -0.3 is 14.7 Å². The van der Waals surface area contributed by atoms with E-state index in [9.17, 15) is 4.79 Å². The van der Waals surface area contributed by atoms with Crippen molar-refractivity contribution in [3.8, 4) is 0 Å². The summed E-state index contributed by atoms with van der Waals surface area (Å²) in [5.41, 5.74) is 1.35. The van der Waals surface area contributed by atoms with E-state index in [1.54, 1.807) is 12.1 Å². The van der Waals surface area contributed by atoms with Crippen molar-refractivity contribution in [1.82, 2.24) is 9.97 Å². The van der Waals surface area contributed by atoms with Gasteiger partial charge in [0.2, 0.25) is 5.28 Å². The van der Waals surface area contributed by atoms with Gasteiger partial charge in [0.15, 0.2) is 0 Å². The van der Waals surface area contributed by atoms with Crippen LogP contribution in [0.3, 0.4) is 0 Å². The Kier molecular flexibility index (Phi) is 3.90. The second kappa shape index (κ2) is 5.83. The molecule has 21 heavy (non-hydrogen) atoms. The third kappa shape index (κ3) is 3.06. The number of aliphatic carboxylic acids is 1. The largest absolute Gasteiger partial charge is 0.481 e. The van der Waals surface area contributed by atoms with Crippen molar-refractivity contribution in [2.75, 3.05) is 31.2 Å². The second-order valence-electron chi connectivity index (χ2n) is 4.84. The summed E-state index contributed by atoms with van der Waals surface area (Å²) in [5.74, 6) is -0.0990. The van der Waals surface area contributed by atoms with E-state index in [0.29, 0.717) is 24.3 Å². The molecular weight excluding hydrogens is 294 g/mol. The second-order valence-corrected chi connectivity index (χ2v) is 5.18. The number of ether oxygens (including phenoxy) is 1. The molecule has 1 aliphatic rings. The van der Waals surface area contributed by atoms with E-state index < -0.39 is 5.97 Å². The molecule has 1 fully saturated rings. The summed E-state index contributed by atoms with van der Waals surface area (Å²) >= 11 is 6.00. The highest BCUT2D eigenvalue weighted by Crippen LogP contribution is 2.27. The summed E-state index contributed by atoms with van der Waals surface area (Å²) in [6, 6.07) is 5.40. The lowest BCUT2D eigenvalue weighted by Crippen LogP contribution is -2.37. The SMILES string of the molecule is O=C(O)Cc1ccc2c(N3CCOCC3)nc(Cl)nc2c1. The summed E-state index contributed by atoms with van der Waals surface area (Å²) in [5, 5.41) is 9.91. The molecule has 1 aliphatic heterocycles. The normalized spacial score (nSPS) is 15.4. The number of rotatable bonds is 3. The van der Waals surface area contributed by atoms with E-state index in [1.807, 2.05) is 6.07 Å². The van der Waals surface area contributed by atoms with Crippen LogP contribution >= 0.6 is 11.6 Å². The van der Waals surface area contributed by atoms with Gasteiger partial charge in [-0.25, -0.2) is 4.98 Å². The van der Waals surface area contributed by atoms with Crippen LogP contribution in [0.25, 0.3) is 10.9 Å². The van der Waals surface area contributed by atoms with Crippen molar-refractivity contribution in [1.29, 1.82) is 0 Å². The first-order chi connectivity index (χ1) is 10.1. The van der Waals surface area contributed by atoms with Crippen LogP contribution in [0.2, 0.25) is 5.28 Å². The quantitative estimate of drug-likeness (QED) is 0.871. The lowest BCUT2D eigenvalue weighted by Gasteiger charge is -2.28. The van der Waals surface area contributed by atoms with Crippen LogP contribution in [-0.4, -0.2) is 47.3 Å². The molecule has 3 rings (SSSR count). The number of carboxylic acids is 1. The maximum atomic E-state index is 10.8. The number of morpholine rings is 1. The molecule has 0 unspecified atom stereocenters. The number of hydrogen-bond acceptors (Lipinski definition) is 5. The van der Waals surface area contributed by atoms with Gasteiger partial charge in [0.1, 0.15) is 5.82 Å². The van der Waals surface area contributed by atoms with Crippen molar-refractivity contribution in [3.05, 3.63) is 29.0 Å². The highest BCUT2D eigenvalue weighted by Gasteiger charge is 2.17. The molecule has 1 aromatic carbocycles. The first-order valence-corrected chi connectivity index (χ1v) is 7.02. The van der Waals surface area contributed by atoms with Gasteiger partial charge in [0.25, 0.3) is 0 Å². The fraction of sp³-hybridized carbons (Fsp3) is 0.357. The average molecular weight is 308 g/mol. The highest BCUT2D eigenvalue weighted by atomic mass is 35.5. The lowest BCUT2D eigenvalue weighted by molar-refractivity contribution is -0.136. The molecule has 0 aliphatic carbocycles. The van der Waals surface area contributed by atoms with Crippen molar-refractivity contribution in [2.24, 2.45) is 0 Å². The van der Waals surface area contributed by atoms with Crippen LogP contribution in [0.5, 0.6) is 0 Å². The Hall–Kier alpha value is -1.92.